The van der Waals surface area contributed by atoms with Gasteiger partial charge in [-0.1, -0.05) is 75.4 Å². The SMILES string of the molecule is [2H]C([2H])([2H])c1cnc(-c2cccc3c2oc2ccc4c5ccccc5ccc4c23)cc1C([2H])([2H])C(C)(C)C. The standard InChI is InChI=1S/C31H27NO/c1-19-18-32-27(16-21(19)17-31(2,3)4)25-10-7-11-26-29-24-13-12-20-8-5-6-9-22(20)23(24)14-15-28(29)33-30(25)26/h5-16,18H,17H2,1-4H3/i1D3,17D2. The van der Waals surface area contributed by atoms with Crippen molar-refractivity contribution in [2.24, 2.45) is 5.41 Å². The highest BCUT2D eigenvalue weighted by atomic mass is 16.3. The van der Waals surface area contributed by atoms with E-state index in [1.54, 1.807) is 26.8 Å². The van der Waals surface area contributed by atoms with E-state index in [9.17, 15) is 0 Å². The Balaban J connectivity index is 1.64. The number of para-hydroxylation sites is 1. The van der Waals surface area contributed by atoms with Gasteiger partial charge in [0.2, 0.25) is 0 Å². The molecule has 162 valence electrons. The number of furan rings is 1. The normalized spacial score (nSPS) is 15.4. The van der Waals surface area contributed by atoms with E-state index in [2.05, 4.69) is 35.3 Å². The lowest BCUT2D eigenvalue weighted by Crippen LogP contribution is -2.10. The first-order chi connectivity index (χ1) is 17.9. The Hall–Kier alpha value is -3.65. The largest absolute Gasteiger partial charge is 0.455 e. The van der Waals surface area contributed by atoms with Gasteiger partial charge < -0.3 is 4.42 Å². The van der Waals surface area contributed by atoms with E-state index in [1.165, 1.54) is 17.0 Å². The summed E-state index contributed by atoms with van der Waals surface area (Å²) in [7, 11) is 0. The number of fused-ring (bicyclic) bond motifs is 7. The summed E-state index contributed by atoms with van der Waals surface area (Å²) in [6, 6.07) is 24.0. The molecule has 6 rings (SSSR count). The molecule has 0 N–H and O–H groups in total. The van der Waals surface area contributed by atoms with Crippen LogP contribution in [0.15, 0.2) is 83.4 Å². The van der Waals surface area contributed by atoms with Gasteiger partial charge in [0.15, 0.2) is 0 Å². The highest BCUT2D eigenvalue weighted by Crippen LogP contribution is 2.40. The molecule has 2 heterocycles. The average molecular weight is 435 g/mol. The summed E-state index contributed by atoms with van der Waals surface area (Å²) < 4.78 is 48.2. The minimum atomic E-state index is -2.49. The number of hydrogen-bond acceptors (Lipinski definition) is 2. The summed E-state index contributed by atoms with van der Waals surface area (Å²) in [5.74, 6) is 0. The Morgan fingerprint density at radius 2 is 1.70 bits per heavy atom. The van der Waals surface area contributed by atoms with Crippen molar-refractivity contribution in [1.82, 2.24) is 4.98 Å². The maximum absolute atomic E-state index is 8.87. The number of hydrogen-bond donors (Lipinski definition) is 0. The zero-order valence-corrected chi connectivity index (χ0v) is 18.9. The van der Waals surface area contributed by atoms with E-state index in [-0.39, 0.29) is 11.1 Å². The Morgan fingerprint density at radius 1 is 0.879 bits per heavy atom. The lowest BCUT2D eigenvalue weighted by Gasteiger charge is -2.20. The van der Waals surface area contributed by atoms with Crippen molar-refractivity contribution in [1.29, 1.82) is 0 Å². The van der Waals surface area contributed by atoms with Gasteiger partial charge in [-0.3, -0.25) is 4.98 Å². The van der Waals surface area contributed by atoms with E-state index < -0.39 is 18.6 Å². The zero-order valence-electron chi connectivity index (χ0n) is 23.9. The van der Waals surface area contributed by atoms with Crippen LogP contribution in [0.3, 0.4) is 0 Å². The number of benzene rings is 4. The minimum Gasteiger partial charge on any atom is -0.455 e. The third-order valence-electron chi connectivity index (χ3n) is 6.07. The maximum atomic E-state index is 8.87. The van der Waals surface area contributed by atoms with Crippen LogP contribution in [0.2, 0.25) is 0 Å². The average Bonchev–Trinajstić information content (AvgIpc) is 3.26. The smallest absolute Gasteiger partial charge is 0.144 e. The van der Waals surface area contributed by atoms with Crippen molar-refractivity contribution in [2.45, 2.75) is 34.0 Å². The molecule has 0 spiro atoms. The van der Waals surface area contributed by atoms with Gasteiger partial charge in [-0.25, -0.2) is 0 Å². The molecule has 0 aliphatic rings. The first kappa shape index (κ1) is 15.2. The second-order valence-electron chi connectivity index (χ2n) is 9.59. The van der Waals surface area contributed by atoms with Crippen LogP contribution in [0.1, 0.15) is 38.8 Å². The predicted octanol–water partition coefficient (Wildman–Crippen LogP) is 8.85. The van der Waals surface area contributed by atoms with Crippen molar-refractivity contribution >= 4 is 43.5 Å². The molecule has 0 bridgehead atoms. The molecular formula is C31H27NO. The molecule has 0 fully saturated rings. The van der Waals surface area contributed by atoms with Gasteiger partial charge in [0.05, 0.1) is 5.69 Å². The van der Waals surface area contributed by atoms with Gasteiger partial charge in [-0.05, 0) is 69.5 Å². The van der Waals surface area contributed by atoms with Crippen LogP contribution in [0.4, 0.5) is 0 Å². The lowest BCUT2D eigenvalue weighted by atomic mass is 9.86. The fraction of sp³-hybridized carbons (Fsp3) is 0.194. The summed E-state index contributed by atoms with van der Waals surface area (Å²) >= 11 is 0. The number of aromatic nitrogens is 1. The highest BCUT2D eigenvalue weighted by molar-refractivity contribution is 6.24. The maximum Gasteiger partial charge on any atom is 0.144 e. The van der Waals surface area contributed by atoms with Gasteiger partial charge >= 0.3 is 0 Å². The molecule has 2 nitrogen and oxygen atoms in total. The summed E-state index contributed by atoms with van der Waals surface area (Å²) in [4.78, 5) is 4.51. The Labute approximate surface area is 200 Å². The fourth-order valence-electron chi connectivity index (χ4n) is 4.70. The fourth-order valence-corrected chi connectivity index (χ4v) is 4.70. The molecule has 0 radical (unpaired) electrons. The zero-order chi connectivity index (χ0) is 27.0. The van der Waals surface area contributed by atoms with Crippen molar-refractivity contribution in [3.8, 4) is 11.3 Å². The molecule has 6 aromatic rings. The van der Waals surface area contributed by atoms with Crippen LogP contribution in [-0.2, 0) is 6.37 Å². The van der Waals surface area contributed by atoms with Crippen LogP contribution >= 0.6 is 0 Å². The summed E-state index contributed by atoms with van der Waals surface area (Å²) in [5, 5.41) is 6.52. The van der Waals surface area contributed by atoms with Crippen LogP contribution in [0, 0.1) is 12.3 Å². The third kappa shape index (κ3) is 3.29. The molecule has 0 aliphatic carbocycles. The number of aryl methyl sites for hydroxylation is 1. The molecule has 4 aromatic carbocycles. The van der Waals surface area contributed by atoms with E-state index in [4.69, 9.17) is 11.3 Å². The molecule has 33 heavy (non-hydrogen) atoms. The van der Waals surface area contributed by atoms with Crippen LogP contribution < -0.4 is 0 Å². The molecule has 0 aliphatic heterocycles. The molecule has 0 amide bonds. The van der Waals surface area contributed by atoms with Crippen molar-refractivity contribution in [2.75, 3.05) is 0 Å². The molecule has 0 saturated carbocycles. The van der Waals surface area contributed by atoms with Crippen LogP contribution in [0.25, 0.3) is 54.7 Å². The first-order valence-electron chi connectivity index (χ1n) is 13.6. The lowest BCUT2D eigenvalue weighted by molar-refractivity contribution is 0.410. The van der Waals surface area contributed by atoms with E-state index in [0.29, 0.717) is 16.8 Å². The second kappa shape index (κ2) is 7.18. The molecule has 0 saturated heterocycles. The van der Waals surface area contributed by atoms with Gasteiger partial charge in [0.25, 0.3) is 0 Å². The van der Waals surface area contributed by atoms with Gasteiger partial charge in [-0.15, -0.1) is 0 Å². The van der Waals surface area contributed by atoms with Crippen LogP contribution in [-0.4, -0.2) is 4.98 Å². The summed E-state index contributed by atoms with van der Waals surface area (Å²) in [6.45, 7) is 2.81. The van der Waals surface area contributed by atoms with E-state index in [0.717, 1.165) is 27.1 Å². The topological polar surface area (TPSA) is 26.0 Å². The quantitative estimate of drug-likeness (QED) is 0.254. The van der Waals surface area contributed by atoms with Crippen molar-refractivity contribution < 1.29 is 11.3 Å². The molecule has 2 heteroatoms. The predicted molar refractivity (Wildman–Crippen MR) is 140 cm³/mol. The molecular weight excluding hydrogens is 402 g/mol. The van der Waals surface area contributed by atoms with Crippen molar-refractivity contribution in [3.05, 3.63) is 90.1 Å². The van der Waals surface area contributed by atoms with E-state index in [1.807, 2.05) is 36.4 Å². The summed E-state index contributed by atoms with van der Waals surface area (Å²) in [6.07, 6.45) is -0.613. The van der Waals surface area contributed by atoms with Gasteiger partial charge in [0.1, 0.15) is 11.2 Å². The molecule has 0 unspecified atom stereocenters. The molecule has 2 aromatic heterocycles. The van der Waals surface area contributed by atoms with Gasteiger partial charge in [-0.2, -0.15) is 0 Å². The molecule has 0 atom stereocenters. The Kier molecular flexibility index (Phi) is 3.31. The van der Waals surface area contributed by atoms with Gasteiger partial charge in [0, 0.05) is 29.4 Å². The van der Waals surface area contributed by atoms with Crippen LogP contribution in [0.5, 0.6) is 0 Å². The number of nitrogens with zero attached hydrogens (tertiary/aromatic N) is 1. The monoisotopic (exact) mass is 434 g/mol. The number of pyridine rings is 1. The summed E-state index contributed by atoms with van der Waals surface area (Å²) in [5.41, 5.74) is 1.77. The van der Waals surface area contributed by atoms with Crippen molar-refractivity contribution in [3.63, 3.8) is 0 Å². The highest BCUT2D eigenvalue weighted by Gasteiger charge is 2.18. The first-order valence-corrected chi connectivity index (χ1v) is 11.1. The Bertz CT molecular complexity index is 1880. The number of rotatable bonds is 2. The second-order valence-corrected chi connectivity index (χ2v) is 9.59. The van der Waals surface area contributed by atoms with E-state index >= 15 is 0 Å². The minimum absolute atomic E-state index is 0.0733. The Morgan fingerprint density at radius 3 is 2.55 bits per heavy atom. The third-order valence-corrected chi connectivity index (χ3v) is 6.07.